The molecule has 0 aliphatic rings. The molecule has 4 heteroatoms. The van der Waals surface area contributed by atoms with Gasteiger partial charge >= 0.3 is 0 Å². The van der Waals surface area contributed by atoms with Gasteiger partial charge in [0.1, 0.15) is 11.8 Å². The summed E-state index contributed by atoms with van der Waals surface area (Å²) in [5.41, 5.74) is 1.35. The molecule has 74 valence electrons. The first-order chi connectivity index (χ1) is 6.76. The average Bonchev–Trinajstić information content (AvgIpc) is 2.19. The number of hydrogen-bond acceptors (Lipinski definition) is 3. The third-order valence-corrected chi connectivity index (χ3v) is 2.05. The van der Waals surface area contributed by atoms with Crippen molar-refractivity contribution < 1.29 is 0 Å². The number of alkyl halides is 1. The highest BCUT2D eigenvalue weighted by molar-refractivity contribution is 6.17. The Bertz CT molecular complexity index is 315. The second-order valence-corrected chi connectivity index (χ2v) is 3.44. The Morgan fingerprint density at radius 3 is 2.93 bits per heavy atom. The van der Waals surface area contributed by atoms with Gasteiger partial charge in [0.05, 0.1) is 11.9 Å². The van der Waals surface area contributed by atoms with Crippen LogP contribution in [-0.2, 0) is 0 Å². The molecular formula is C10H12ClN3. The smallest absolute Gasteiger partial charge is 0.140 e. The highest BCUT2D eigenvalue weighted by Gasteiger charge is 2.00. The van der Waals surface area contributed by atoms with E-state index in [0.717, 1.165) is 12.1 Å². The van der Waals surface area contributed by atoms with Crippen LogP contribution in [-0.4, -0.2) is 16.9 Å². The van der Waals surface area contributed by atoms with E-state index in [1.807, 2.05) is 12.1 Å². The number of halogens is 1. The van der Waals surface area contributed by atoms with Gasteiger partial charge < -0.3 is 5.32 Å². The standard InChI is InChI=1S/C10H12ClN3/c1-8(4-5-11)14-10-3-2-9(6-12)13-7-10/h2-3,7-8,14H,4-5H2,1H3. The monoisotopic (exact) mass is 209 g/mol. The van der Waals surface area contributed by atoms with Gasteiger partial charge in [-0.25, -0.2) is 4.98 Å². The minimum absolute atomic E-state index is 0.322. The molecule has 0 saturated carbocycles. The largest absolute Gasteiger partial charge is 0.381 e. The van der Waals surface area contributed by atoms with E-state index in [9.17, 15) is 0 Å². The summed E-state index contributed by atoms with van der Waals surface area (Å²) < 4.78 is 0. The molecule has 1 aromatic heterocycles. The fraction of sp³-hybridized carbons (Fsp3) is 0.400. The van der Waals surface area contributed by atoms with E-state index >= 15 is 0 Å². The summed E-state index contributed by atoms with van der Waals surface area (Å²) in [5, 5.41) is 11.8. The van der Waals surface area contributed by atoms with Crippen LogP contribution in [0.2, 0.25) is 0 Å². The predicted molar refractivity (Wildman–Crippen MR) is 57.4 cm³/mol. The summed E-state index contributed by atoms with van der Waals surface area (Å²) in [5.74, 6) is 0.637. The minimum atomic E-state index is 0.322. The van der Waals surface area contributed by atoms with E-state index in [1.165, 1.54) is 0 Å². The minimum Gasteiger partial charge on any atom is -0.381 e. The number of aromatic nitrogens is 1. The lowest BCUT2D eigenvalue weighted by molar-refractivity contribution is 0.768. The van der Waals surface area contributed by atoms with Gasteiger partial charge in [0.2, 0.25) is 0 Å². The molecule has 1 atom stereocenters. The summed E-state index contributed by atoms with van der Waals surface area (Å²) in [6, 6.07) is 5.83. The number of hydrogen-bond donors (Lipinski definition) is 1. The maximum atomic E-state index is 8.54. The zero-order chi connectivity index (χ0) is 10.4. The molecule has 0 amide bonds. The quantitative estimate of drug-likeness (QED) is 0.775. The van der Waals surface area contributed by atoms with Crippen molar-refractivity contribution in [1.29, 1.82) is 5.26 Å². The van der Waals surface area contributed by atoms with Crippen molar-refractivity contribution in [2.75, 3.05) is 11.2 Å². The lowest BCUT2D eigenvalue weighted by Gasteiger charge is -2.12. The molecule has 3 nitrogen and oxygen atoms in total. The number of pyridine rings is 1. The van der Waals surface area contributed by atoms with Gasteiger partial charge in [-0.05, 0) is 25.5 Å². The lowest BCUT2D eigenvalue weighted by Crippen LogP contribution is -2.15. The Balaban J connectivity index is 2.56. The van der Waals surface area contributed by atoms with Crippen LogP contribution < -0.4 is 5.32 Å². The molecule has 14 heavy (non-hydrogen) atoms. The summed E-state index contributed by atoms with van der Waals surface area (Å²) in [4.78, 5) is 3.95. The van der Waals surface area contributed by atoms with Crippen molar-refractivity contribution in [2.45, 2.75) is 19.4 Å². The van der Waals surface area contributed by atoms with Crippen molar-refractivity contribution >= 4 is 17.3 Å². The number of nitrogens with zero attached hydrogens (tertiary/aromatic N) is 2. The van der Waals surface area contributed by atoms with Crippen LogP contribution in [0.25, 0.3) is 0 Å². The third kappa shape index (κ3) is 3.23. The summed E-state index contributed by atoms with van der Waals surface area (Å²) >= 11 is 5.61. The average molecular weight is 210 g/mol. The first-order valence-electron chi connectivity index (χ1n) is 4.45. The number of rotatable bonds is 4. The summed E-state index contributed by atoms with van der Waals surface area (Å²) in [6.45, 7) is 2.06. The molecule has 1 rings (SSSR count). The highest BCUT2D eigenvalue weighted by Crippen LogP contribution is 2.08. The molecule has 0 saturated heterocycles. The molecule has 1 N–H and O–H groups in total. The normalized spacial score (nSPS) is 11.8. The van der Waals surface area contributed by atoms with Crippen LogP contribution in [0.3, 0.4) is 0 Å². The molecule has 0 radical (unpaired) electrons. The first-order valence-corrected chi connectivity index (χ1v) is 4.98. The van der Waals surface area contributed by atoms with Crippen LogP contribution in [0.5, 0.6) is 0 Å². The van der Waals surface area contributed by atoms with Gasteiger partial charge in [-0.1, -0.05) is 0 Å². The Labute approximate surface area is 88.7 Å². The maximum Gasteiger partial charge on any atom is 0.140 e. The fourth-order valence-corrected chi connectivity index (χ4v) is 1.39. The van der Waals surface area contributed by atoms with Crippen molar-refractivity contribution in [3.05, 3.63) is 24.0 Å². The van der Waals surface area contributed by atoms with Gasteiger partial charge in [-0.2, -0.15) is 5.26 Å². The van der Waals surface area contributed by atoms with Gasteiger partial charge in [0.15, 0.2) is 0 Å². The Morgan fingerprint density at radius 1 is 1.64 bits per heavy atom. The predicted octanol–water partition coefficient (Wildman–Crippen LogP) is 2.38. The second kappa shape index (κ2) is 5.46. The SMILES string of the molecule is CC(CCCl)Nc1ccc(C#N)nc1. The first kappa shape index (κ1) is 10.8. The van der Waals surface area contributed by atoms with E-state index in [2.05, 4.69) is 17.2 Å². The number of nitriles is 1. The van der Waals surface area contributed by atoms with Crippen LogP contribution in [0.1, 0.15) is 19.0 Å². The van der Waals surface area contributed by atoms with Crippen molar-refractivity contribution in [3.63, 3.8) is 0 Å². The number of anilines is 1. The van der Waals surface area contributed by atoms with E-state index in [1.54, 1.807) is 12.3 Å². The van der Waals surface area contributed by atoms with Gasteiger partial charge in [0, 0.05) is 11.9 Å². The van der Waals surface area contributed by atoms with Crippen LogP contribution >= 0.6 is 11.6 Å². The Kier molecular flexibility index (Phi) is 4.21. The van der Waals surface area contributed by atoms with Crippen molar-refractivity contribution in [1.82, 2.24) is 4.98 Å². The van der Waals surface area contributed by atoms with Gasteiger partial charge in [-0.15, -0.1) is 11.6 Å². The molecular weight excluding hydrogens is 198 g/mol. The molecule has 1 aromatic rings. The van der Waals surface area contributed by atoms with E-state index in [0.29, 0.717) is 17.6 Å². The second-order valence-electron chi connectivity index (χ2n) is 3.07. The van der Waals surface area contributed by atoms with Crippen molar-refractivity contribution in [3.8, 4) is 6.07 Å². The molecule has 0 fully saturated rings. The third-order valence-electron chi connectivity index (χ3n) is 1.83. The summed E-state index contributed by atoms with van der Waals surface area (Å²) in [6.07, 6.45) is 2.56. The topological polar surface area (TPSA) is 48.7 Å². The molecule has 0 spiro atoms. The van der Waals surface area contributed by atoms with E-state index in [4.69, 9.17) is 16.9 Å². The Hall–Kier alpha value is -1.27. The fourth-order valence-electron chi connectivity index (χ4n) is 1.07. The molecule has 1 heterocycles. The molecule has 0 aliphatic heterocycles. The lowest BCUT2D eigenvalue weighted by atomic mass is 10.2. The molecule has 1 unspecified atom stereocenters. The molecule has 0 bridgehead atoms. The van der Waals surface area contributed by atoms with E-state index < -0.39 is 0 Å². The van der Waals surface area contributed by atoms with Gasteiger partial charge in [0.25, 0.3) is 0 Å². The molecule has 0 aromatic carbocycles. The summed E-state index contributed by atoms with van der Waals surface area (Å²) in [7, 11) is 0. The highest BCUT2D eigenvalue weighted by atomic mass is 35.5. The zero-order valence-electron chi connectivity index (χ0n) is 8.00. The zero-order valence-corrected chi connectivity index (χ0v) is 8.75. The molecule has 0 aliphatic carbocycles. The van der Waals surface area contributed by atoms with Crippen LogP contribution in [0, 0.1) is 11.3 Å². The van der Waals surface area contributed by atoms with Crippen molar-refractivity contribution in [2.24, 2.45) is 0 Å². The van der Waals surface area contributed by atoms with E-state index in [-0.39, 0.29) is 0 Å². The maximum absolute atomic E-state index is 8.54. The van der Waals surface area contributed by atoms with Gasteiger partial charge in [-0.3, -0.25) is 0 Å². The number of nitrogens with one attached hydrogen (secondary N) is 1. The van der Waals surface area contributed by atoms with Crippen LogP contribution in [0.4, 0.5) is 5.69 Å². The van der Waals surface area contributed by atoms with Crippen LogP contribution in [0.15, 0.2) is 18.3 Å². The Morgan fingerprint density at radius 2 is 2.43 bits per heavy atom.